The summed E-state index contributed by atoms with van der Waals surface area (Å²) in [4.78, 5) is 6.13. The van der Waals surface area contributed by atoms with Crippen LogP contribution < -0.4 is 10.6 Å². The van der Waals surface area contributed by atoms with E-state index in [9.17, 15) is 13.2 Å². The molecular formula is C12H13F3N6. The first kappa shape index (κ1) is 13.8. The van der Waals surface area contributed by atoms with Crippen molar-refractivity contribution in [2.45, 2.75) is 25.8 Å². The van der Waals surface area contributed by atoms with Gasteiger partial charge in [-0.25, -0.2) is 4.98 Å². The van der Waals surface area contributed by atoms with Crippen LogP contribution in [-0.2, 0) is 25.8 Å². The normalized spacial score (nSPS) is 15.1. The molecule has 0 spiro atoms. The second kappa shape index (κ2) is 4.99. The lowest BCUT2D eigenvalue weighted by Crippen LogP contribution is -2.35. The molecule has 0 unspecified atom stereocenters. The second-order valence-corrected chi connectivity index (χ2v) is 4.74. The molecule has 0 saturated carbocycles. The highest BCUT2D eigenvalue weighted by Gasteiger charge is 2.39. The minimum absolute atomic E-state index is 0.178. The molecule has 0 atom stereocenters. The van der Waals surface area contributed by atoms with Crippen molar-refractivity contribution in [1.29, 1.82) is 0 Å². The number of hydrogen-bond donors (Lipinski definition) is 1. The second-order valence-electron chi connectivity index (χ2n) is 4.74. The van der Waals surface area contributed by atoms with Gasteiger partial charge in [-0.3, -0.25) is 0 Å². The molecule has 21 heavy (non-hydrogen) atoms. The summed E-state index contributed by atoms with van der Waals surface area (Å²) in [6, 6.07) is 3.65. The zero-order chi connectivity index (χ0) is 15.0. The van der Waals surface area contributed by atoms with E-state index in [-0.39, 0.29) is 13.1 Å². The van der Waals surface area contributed by atoms with E-state index in [0.29, 0.717) is 24.7 Å². The molecule has 0 radical (unpaired) electrons. The predicted octanol–water partition coefficient (Wildman–Crippen LogP) is 1.17. The molecule has 112 valence electrons. The molecule has 1 aliphatic heterocycles. The first-order valence-electron chi connectivity index (χ1n) is 6.38. The first-order chi connectivity index (χ1) is 9.99. The van der Waals surface area contributed by atoms with Crippen molar-refractivity contribution in [1.82, 2.24) is 19.7 Å². The number of nitrogens with zero attached hydrogens (tertiary/aromatic N) is 5. The maximum absolute atomic E-state index is 12.8. The minimum atomic E-state index is -4.48. The summed E-state index contributed by atoms with van der Waals surface area (Å²) in [5.74, 6) is 0.0388. The van der Waals surface area contributed by atoms with Crippen LogP contribution in [0.3, 0.4) is 0 Å². The zero-order valence-corrected chi connectivity index (χ0v) is 11.0. The van der Waals surface area contributed by atoms with Gasteiger partial charge in [0, 0.05) is 25.8 Å². The van der Waals surface area contributed by atoms with Gasteiger partial charge in [-0.2, -0.15) is 13.2 Å². The molecule has 0 saturated heterocycles. The fourth-order valence-electron chi connectivity index (χ4n) is 2.29. The van der Waals surface area contributed by atoms with Crippen LogP contribution in [-0.4, -0.2) is 26.3 Å². The maximum Gasteiger partial charge on any atom is 0.451 e. The van der Waals surface area contributed by atoms with Crippen molar-refractivity contribution in [2.75, 3.05) is 11.4 Å². The third-order valence-corrected chi connectivity index (χ3v) is 3.38. The molecule has 0 bridgehead atoms. The van der Waals surface area contributed by atoms with Gasteiger partial charge in [0.25, 0.3) is 0 Å². The van der Waals surface area contributed by atoms with Crippen LogP contribution in [0.5, 0.6) is 0 Å². The van der Waals surface area contributed by atoms with Crippen LogP contribution >= 0.6 is 0 Å². The van der Waals surface area contributed by atoms with Gasteiger partial charge < -0.3 is 15.2 Å². The topological polar surface area (TPSA) is 72.9 Å². The van der Waals surface area contributed by atoms with E-state index in [1.54, 1.807) is 12.3 Å². The van der Waals surface area contributed by atoms with Crippen molar-refractivity contribution in [3.05, 3.63) is 35.5 Å². The van der Waals surface area contributed by atoms with Crippen molar-refractivity contribution >= 4 is 5.82 Å². The molecular weight excluding hydrogens is 285 g/mol. The Labute approximate surface area is 118 Å². The van der Waals surface area contributed by atoms with Crippen molar-refractivity contribution in [2.24, 2.45) is 5.73 Å². The molecule has 1 aliphatic rings. The van der Waals surface area contributed by atoms with Gasteiger partial charge in [-0.1, -0.05) is 6.07 Å². The Morgan fingerprint density at radius 3 is 2.62 bits per heavy atom. The number of rotatable bonds is 2. The lowest BCUT2D eigenvalue weighted by molar-refractivity contribution is -0.147. The van der Waals surface area contributed by atoms with Gasteiger partial charge in [0.2, 0.25) is 5.82 Å². The summed E-state index contributed by atoms with van der Waals surface area (Å²) in [6.07, 6.45) is -2.82. The molecule has 3 rings (SSSR count). The van der Waals surface area contributed by atoms with Crippen molar-refractivity contribution < 1.29 is 13.2 Å². The quantitative estimate of drug-likeness (QED) is 0.901. The maximum atomic E-state index is 12.8. The number of halogens is 3. The third-order valence-electron chi connectivity index (χ3n) is 3.38. The Morgan fingerprint density at radius 1 is 1.19 bits per heavy atom. The Morgan fingerprint density at radius 2 is 2.00 bits per heavy atom. The molecule has 6 nitrogen and oxygen atoms in total. The van der Waals surface area contributed by atoms with Gasteiger partial charge in [-0.05, 0) is 11.6 Å². The van der Waals surface area contributed by atoms with E-state index in [1.165, 1.54) is 0 Å². The summed E-state index contributed by atoms with van der Waals surface area (Å²) in [6.45, 7) is 1.25. The van der Waals surface area contributed by atoms with Crippen LogP contribution in [0.4, 0.5) is 19.0 Å². The number of nitrogens with two attached hydrogens (primary N) is 1. The fourth-order valence-corrected chi connectivity index (χ4v) is 2.29. The number of alkyl halides is 3. The standard InChI is InChI=1S/C12H13F3N6/c13-12(14,15)11-19-18-10-7-20(3-4-21(10)11)9-2-1-8(5-16)6-17-9/h1-2,6H,3-5,7,16H2. The average Bonchev–Trinajstić information content (AvgIpc) is 2.90. The molecule has 3 heterocycles. The third kappa shape index (κ3) is 2.56. The van der Waals surface area contributed by atoms with Crippen LogP contribution in [0.15, 0.2) is 18.3 Å². The SMILES string of the molecule is NCc1ccc(N2CCn3c(nnc3C(F)(F)F)C2)nc1. The highest BCUT2D eigenvalue weighted by atomic mass is 19.4. The monoisotopic (exact) mass is 298 g/mol. The van der Waals surface area contributed by atoms with E-state index in [1.807, 2.05) is 11.0 Å². The molecule has 0 aliphatic carbocycles. The number of anilines is 1. The lowest BCUT2D eigenvalue weighted by Gasteiger charge is -2.28. The van der Waals surface area contributed by atoms with E-state index >= 15 is 0 Å². The Kier molecular flexibility index (Phi) is 3.28. The molecule has 0 fully saturated rings. The molecule has 9 heteroatoms. The Balaban J connectivity index is 1.83. The van der Waals surface area contributed by atoms with E-state index < -0.39 is 12.0 Å². The largest absolute Gasteiger partial charge is 0.451 e. The van der Waals surface area contributed by atoms with Crippen LogP contribution in [0, 0.1) is 0 Å². The average molecular weight is 298 g/mol. The van der Waals surface area contributed by atoms with Gasteiger partial charge in [0.15, 0.2) is 5.82 Å². The smallest absolute Gasteiger partial charge is 0.347 e. The molecule has 0 aromatic carbocycles. The molecule has 0 amide bonds. The van der Waals surface area contributed by atoms with Gasteiger partial charge in [0.1, 0.15) is 5.82 Å². The summed E-state index contributed by atoms with van der Waals surface area (Å²) in [5.41, 5.74) is 6.40. The van der Waals surface area contributed by atoms with Crippen LogP contribution in [0.25, 0.3) is 0 Å². The van der Waals surface area contributed by atoms with Crippen molar-refractivity contribution in [3.8, 4) is 0 Å². The lowest BCUT2D eigenvalue weighted by atomic mass is 10.2. The van der Waals surface area contributed by atoms with Crippen LogP contribution in [0.2, 0.25) is 0 Å². The number of fused-ring (bicyclic) bond motifs is 1. The zero-order valence-electron chi connectivity index (χ0n) is 11.0. The van der Waals surface area contributed by atoms with Gasteiger partial charge in [-0.15, -0.1) is 10.2 Å². The summed E-state index contributed by atoms with van der Waals surface area (Å²) in [7, 11) is 0. The Hall–Kier alpha value is -2.16. The number of aromatic nitrogens is 4. The molecule has 2 aromatic heterocycles. The van der Waals surface area contributed by atoms with Gasteiger partial charge in [0.05, 0.1) is 6.54 Å². The van der Waals surface area contributed by atoms with Crippen molar-refractivity contribution in [3.63, 3.8) is 0 Å². The first-order valence-corrected chi connectivity index (χ1v) is 6.38. The highest BCUT2D eigenvalue weighted by Crippen LogP contribution is 2.30. The minimum Gasteiger partial charge on any atom is -0.347 e. The molecule has 2 N–H and O–H groups in total. The number of hydrogen-bond acceptors (Lipinski definition) is 5. The summed E-state index contributed by atoms with van der Waals surface area (Å²) in [5, 5.41) is 6.89. The summed E-state index contributed by atoms with van der Waals surface area (Å²) < 4.78 is 39.4. The van der Waals surface area contributed by atoms with E-state index in [2.05, 4.69) is 15.2 Å². The molecule has 2 aromatic rings. The highest BCUT2D eigenvalue weighted by molar-refractivity contribution is 5.40. The predicted molar refractivity (Wildman–Crippen MR) is 68.2 cm³/mol. The fraction of sp³-hybridized carbons (Fsp3) is 0.417. The van der Waals surface area contributed by atoms with E-state index in [0.717, 1.165) is 10.1 Å². The number of pyridine rings is 1. The van der Waals surface area contributed by atoms with Crippen LogP contribution in [0.1, 0.15) is 17.2 Å². The summed E-state index contributed by atoms with van der Waals surface area (Å²) >= 11 is 0. The Bertz CT molecular complexity index is 633. The van der Waals surface area contributed by atoms with E-state index in [4.69, 9.17) is 5.73 Å². The van der Waals surface area contributed by atoms with Gasteiger partial charge >= 0.3 is 6.18 Å².